The number of ether oxygens (including phenoxy) is 3. The molecule has 2 N–H and O–H groups in total. The minimum absolute atomic E-state index is 0.134. The molecule has 0 aliphatic rings. The zero-order valence-corrected chi connectivity index (χ0v) is 17.6. The van der Waals surface area contributed by atoms with Gasteiger partial charge in [-0.15, -0.1) is 0 Å². The Balaban J connectivity index is 1.78. The number of methoxy groups -OCH3 is 1. The van der Waals surface area contributed by atoms with Gasteiger partial charge in [-0.2, -0.15) is 15.0 Å². The average molecular weight is 425 g/mol. The van der Waals surface area contributed by atoms with E-state index in [4.69, 9.17) is 25.8 Å². The molecular weight excluding hydrogens is 400 g/mol. The lowest BCUT2D eigenvalue weighted by atomic mass is 10.1. The van der Waals surface area contributed by atoms with Crippen LogP contribution in [0.2, 0.25) is 5.02 Å². The lowest BCUT2D eigenvalue weighted by molar-refractivity contribution is 0.137. The van der Waals surface area contributed by atoms with Crippen molar-refractivity contribution in [2.45, 2.75) is 13.5 Å². The first-order valence-electron chi connectivity index (χ1n) is 8.83. The fourth-order valence-corrected chi connectivity index (χ4v) is 2.36. The highest BCUT2D eigenvalue weighted by Crippen LogP contribution is 2.16. The molecule has 1 aromatic carbocycles. The van der Waals surface area contributed by atoms with E-state index in [9.17, 15) is 4.79 Å². The highest BCUT2D eigenvalue weighted by Gasteiger charge is 2.10. The first kappa shape index (κ1) is 22.4. The zero-order valence-electron chi connectivity index (χ0n) is 16.9. The van der Waals surface area contributed by atoms with Crippen molar-refractivity contribution in [2.24, 2.45) is 0 Å². The van der Waals surface area contributed by atoms with Crippen molar-refractivity contribution in [1.82, 2.24) is 20.3 Å². The molecule has 0 unspecified atom stereocenters. The molecule has 29 heavy (non-hydrogen) atoms. The average Bonchev–Trinajstić information content (AvgIpc) is 2.69. The number of alkyl carbamates (subject to hydrolysis) is 1. The summed E-state index contributed by atoms with van der Waals surface area (Å²) >= 11 is 5.92. The predicted octanol–water partition coefficient (Wildman–Crippen LogP) is 2.22. The third-order valence-electron chi connectivity index (χ3n) is 3.64. The molecule has 0 spiro atoms. The summed E-state index contributed by atoms with van der Waals surface area (Å²) in [6, 6.07) is 5.53. The Morgan fingerprint density at radius 1 is 1.24 bits per heavy atom. The summed E-state index contributed by atoms with van der Waals surface area (Å²) in [5.41, 5.74) is 1.84. The van der Waals surface area contributed by atoms with Gasteiger partial charge in [0.05, 0.1) is 6.54 Å². The largest absolute Gasteiger partial charge is 0.461 e. The number of hydrogen-bond donors (Lipinski definition) is 2. The molecule has 0 saturated heterocycles. The molecule has 1 amide bonds. The van der Waals surface area contributed by atoms with E-state index >= 15 is 0 Å². The van der Waals surface area contributed by atoms with E-state index in [0.717, 1.165) is 11.1 Å². The number of aryl methyl sites for hydroxylation is 1. The maximum atomic E-state index is 11.8. The molecule has 0 radical (unpaired) electrons. The molecule has 158 valence electrons. The molecule has 0 aliphatic heterocycles. The van der Waals surface area contributed by atoms with Crippen LogP contribution in [-0.2, 0) is 16.1 Å². The molecule has 10 nitrogen and oxygen atoms in total. The number of halogens is 1. The van der Waals surface area contributed by atoms with Crippen LogP contribution in [0.1, 0.15) is 11.1 Å². The summed E-state index contributed by atoms with van der Waals surface area (Å²) < 4.78 is 15.6. The van der Waals surface area contributed by atoms with Crippen LogP contribution in [0, 0.1) is 6.92 Å². The van der Waals surface area contributed by atoms with Gasteiger partial charge in [0.2, 0.25) is 11.9 Å². The van der Waals surface area contributed by atoms with Gasteiger partial charge < -0.3 is 29.7 Å². The number of carbonyl (C=O) groups excluding carboxylic acids is 1. The van der Waals surface area contributed by atoms with E-state index in [1.54, 1.807) is 32.2 Å². The van der Waals surface area contributed by atoms with E-state index in [2.05, 4.69) is 25.6 Å². The van der Waals surface area contributed by atoms with Gasteiger partial charge in [-0.05, 0) is 30.2 Å². The number of hydrogen-bond acceptors (Lipinski definition) is 9. The summed E-state index contributed by atoms with van der Waals surface area (Å²) in [5, 5.41) is 6.14. The van der Waals surface area contributed by atoms with Crippen LogP contribution >= 0.6 is 11.6 Å². The number of amides is 1. The molecule has 0 bridgehead atoms. The molecule has 1 heterocycles. The minimum atomic E-state index is -0.546. The van der Waals surface area contributed by atoms with Gasteiger partial charge in [0, 0.05) is 26.2 Å². The number of benzene rings is 1. The Hall–Kier alpha value is -2.85. The minimum Gasteiger partial charge on any atom is -0.461 e. The van der Waals surface area contributed by atoms with Gasteiger partial charge in [0.1, 0.15) is 19.9 Å². The van der Waals surface area contributed by atoms with Crippen LogP contribution in [0.15, 0.2) is 18.2 Å². The van der Waals surface area contributed by atoms with Crippen molar-refractivity contribution in [3.63, 3.8) is 0 Å². The van der Waals surface area contributed by atoms with Crippen LogP contribution in [0.25, 0.3) is 0 Å². The van der Waals surface area contributed by atoms with Crippen molar-refractivity contribution in [3.8, 4) is 6.01 Å². The number of anilines is 2. The van der Waals surface area contributed by atoms with Gasteiger partial charge in [-0.1, -0.05) is 17.7 Å². The molecule has 2 rings (SSSR count). The molecule has 1 aromatic heterocycles. The van der Waals surface area contributed by atoms with Gasteiger partial charge >= 0.3 is 12.1 Å². The predicted molar refractivity (Wildman–Crippen MR) is 110 cm³/mol. The van der Waals surface area contributed by atoms with Gasteiger partial charge in [-0.25, -0.2) is 4.79 Å². The summed E-state index contributed by atoms with van der Waals surface area (Å²) in [6.45, 7) is 2.70. The van der Waals surface area contributed by atoms with Crippen molar-refractivity contribution in [2.75, 3.05) is 51.3 Å². The lowest BCUT2D eigenvalue weighted by Gasteiger charge is -2.13. The third-order valence-corrected chi connectivity index (χ3v) is 3.88. The van der Waals surface area contributed by atoms with Crippen LogP contribution in [0.4, 0.5) is 16.7 Å². The number of carbonyl (C=O) groups is 1. The fourth-order valence-electron chi connectivity index (χ4n) is 2.14. The smallest absolute Gasteiger partial charge is 0.407 e. The second kappa shape index (κ2) is 11.2. The Morgan fingerprint density at radius 3 is 2.72 bits per heavy atom. The van der Waals surface area contributed by atoms with Gasteiger partial charge in [0.15, 0.2) is 0 Å². The highest BCUT2D eigenvalue weighted by molar-refractivity contribution is 6.30. The summed E-state index contributed by atoms with van der Waals surface area (Å²) in [4.78, 5) is 26.1. The molecule has 11 heteroatoms. The first-order valence-corrected chi connectivity index (χ1v) is 9.21. The van der Waals surface area contributed by atoms with E-state index in [0.29, 0.717) is 16.9 Å². The highest BCUT2D eigenvalue weighted by atomic mass is 35.5. The molecule has 0 saturated carbocycles. The number of nitrogens with zero attached hydrogens (tertiary/aromatic N) is 4. The number of aromatic nitrogens is 3. The van der Waals surface area contributed by atoms with Crippen molar-refractivity contribution >= 4 is 29.6 Å². The monoisotopic (exact) mass is 424 g/mol. The Morgan fingerprint density at radius 2 is 2.03 bits per heavy atom. The van der Waals surface area contributed by atoms with Crippen LogP contribution in [-0.4, -0.2) is 62.1 Å². The molecule has 2 aromatic rings. The first-order chi connectivity index (χ1) is 13.9. The Labute approximate surface area is 174 Å². The van der Waals surface area contributed by atoms with Gasteiger partial charge in [0.25, 0.3) is 0 Å². The summed E-state index contributed by atoms with van der Waals surface area (Å²) in [5.74, 6) is 0.755. The van der Waals surface area contributed by atoms with E-state index in [1.807, 2.05) is 19.1 Å². The SMILES string of the molecule is COCNc1nc(OCCNC(=O)OCc2ccc(Cl)cc2C)nc(N(C)C)n1. The lowest BCUT2D eigenvalue weighted by Crippen LogP contribution is -2.29. The number of rotatable bonds is 10. The molecule has 0 fully saturated rings. The topological polar surface area (TPSA) is 111 Å². The van der Waals surface area contributed by atoms with E-state index in [-0.39, 0.29) is 32.5 Å². The zero-order chi connectivity index (χ0) is 21.2. The normalized spacial score (nSPS) is 10.4. The van der Waals surface area contributed by atoms with E-state index < -0.39 is 6.09 Å². The Kier molecular flexibility index (Phi) is 8.68. The maximum Gasteiger partial charge on any atom is 0.407 e. The number of nitrogens with one attached hydrogen (secondary N) is 2. The van der Waals surface area contributed by atoms with Crippen LogP contribution < -0.4 is 20.3 Å². The maximum absolute atomic E-state index is 11.8. The van der Waals surface area contributed by atoms with Crippen LogP contribution in [0.5, 0.6) is 6.01 Å². The standard InChI is InChI=1S/C18H25ClN6O4/c1-12-9-14(19)6-5-13(12)10-29-18(26)20-7-8-28-17-23-15(21-11-27-4)22-16(24-17)25(2)3/h5-6,9H,7-8,10-11H2,1-4H3,(H,20,26)(H,21,22,23,24). The summed E-state index contributed by atoms with van der Waals surface area (Å²) in [6.07, 6.45) is -0.546. The van der Waals surface area contributed by atoms with Gasteiger partial charge in [-0.3, -0.25) is 0 Å². The van der Waals surface area contributed by atoms with E-state index in [1.165, 1.54) is 0 Å². The Bertz CT molecular complexity index is 821. The molecule has 0 atom stereocenters. The quantitative estimate of drug-likeness (QED) is 0.438. The third kappa shape index (κ3) is 7.59. The molecular formula is C18H25ClN6O4. The van der Waals surface area contributed by atoms with Crippen molar-refractivity contribution in [1.29, 1.82) is 0 Å². The molecule has 0 aliphatic carbocycles. The second-order valence-electron chi connectivity index (χ2n) is 6.17. The fraction of sp³-hybridized carbons (Fsp3) is 0.444. The van der Waals surface area contributed by atoms with Crippen molar-refractivity contribution in [3.05, 3.63) is 34.3 Å². The van der Waals surface area contributed by atoms with Crippen LogP contribution in [0.3, 0.4) is 0 Å². The summed E-state index contributed by atoms with van der Waals surface area (Å²) in [7, 11) is 5.16. The van der Waals surface area contributed by atoms with Crippen molar-refractivity contribution < 1.29 is 19.0 Å². The second-order valence-corrected chi connectivity index (χ2v) is 6.60.